The molecule has 2 saturated heterocycles. The number of fused-ring (bicyclic) bond motifs is 6. The summed E-state index contributed by atoms with van der Waals surface area (Å²) in [6.45, 7) is 10.3. The Labute approximate surface area is 305 Å². The maximum atomic E-state index is 13.4. The summed E-state index contributed by atoms with van der Waals surface area (Å²) in [6.07, 6.45) is 7.56. The van der Waals surface area contributed by atoms with Crippen molar-refractivity contribution >= 4 is 33.6 Å². The van der Waals surface area contributed by atoms with Crippen molar-refractivity contribution in [3.63, 3.8) is 0 Å². The minimum absolute atomic E-state index is 0.0285. The second-order valence-electron chi connectivity index (χ2n) is 15.3. The molecule has 3 aliphatic heterocycles. The summed E-state index contributed by atoms with van der Waals surface area (Å²) < 4.78 is 11.9. The van der Waals surface area contributed by atoms with Gasteiger partial charge in [-0.15, -0.1) is 0 Å². The molecule has 0 bridgehead atoms. The average Bonchev–Trinajstić information content (AvgIpc) is 3.96. The van der Waals surface area contributed by atoms with Crippen LogP contribution in [0.5, 0.6) is 5.75 Å². The molecular formula is C42H50N6O4. The molecule has 52 heavy (non-hydrogen) atoms. The Morgan fingerprint density at radius 1 is 1.02 bits per heavy atom. The van der Waals surface area contributed by atoms with Crippen molar-refractivity contribution in [3.05, 3.63) is 65.9 Å². The zero-order chi connectivity index (χ0) is 36.1. The first-order valence-electron chi connectivity index (χ1n) is 19.1. The molecular weight excluding hydrogens is 652 g/mol. The van der Waals surface area contributed by atoms with Gasteiger partial charge in [-0.05, 0) is 84.9 Å². The first kappa shape index (κ1) is 34.4. The Kier molecular flexibility index (Phi) is 9.28. The van der Waals surface area contributed by atoms with Crippen LogP contribution in [0.1, 0.15) is 102 Å². The third-order valence-electron chi connectivity index (χ3n) is 11.7. The quantitative estimate of drug-likeness (QED) is 0.151. The number of aromatic nitrogens is 4. The largest absolute Gasteiger partial charge is 0.488 e. The van der Waals surface area contributed by atoms with Gasteiger partial charge in [0.2, 0.25) is 11.8 Å². The molecule has 3 aromatic carbocycles. The predicted octanol–water partition coefficient (Wildman–Crippen LogP) is 8.49. The molecule has 272 valence electrons. The van der Waals surface area contributed by atoms with Crippen LogP contribution in [0.2, 0.25) is 0 Å². The molecule has 2 unspecified atom stereocenters. The summed E-state index contributed by atoms with van der Waals surface area (Å²) in [5.74, 6) is 3.58. The van der Waals surface area contributed by atoms with Gasteiger partial charge in [0.05, 0.1) is 41.6 Å². The topological polar surface area (TPSA) is 116 Å². The molecule has 2 fully saturated rings. The maximum Gasteiger partial charge on any atom is 0.223 e. The number of benzene rings is 3. The number of H-pyrrole nitrogens is 2. The summed E-state index contributed by atoms with van der Waals surface area (Å²) in [5.41, 5.74) is 7.18. The number of ether oxygens (including phenoxy) is 2. The molecule has 5 heterocycles. The van der Waals surface area contributed by atoms with E-state index in [9.17, 15) is 9.59 Å². The van der Waals surface area contributed by atoms with Gasteiger partial charge in [-0.1, -0.05) is 45.4 Å². The standard InChI is InChI=1S/C42H50N6O4/c1-6-8-38(49)48-25(4)9-14-35(48)42-44-33-13-11-27-18-32-30-12-10-28(17-29(30)23-52-37(32)19-31(27)40(33)46-42)34-20-43-41(45-34)36-16-26(22-51-5)21-47(36)39(50)15-24(3)7-2/h10-13,17-20,24-26,35-36H,6-9,14-16,21-23H2,1-5H3,(H,43,45)(H,44,46)/t24-,25-,26-,35?,36?/m0/s1. The van der Waals surface area contributed by atoms with E-state index in [1.807, 2.05) is 16.0 Å². The second-order valence-corrected chi connectivity index (χ2v) is 15.3. The van der Waals surface area contributed by atoms with Gasteiger partial charge >= 0.3 is 0 Å². The molecule has 0 radical (unpaired) electrons. The molecule has 5 aromatic rings. The average molecular weight is 703 g/mol. The molecule has 2 N–H and O–H groups in total. The lowest BCUT2D eigenvalue weighted by molar-refractivity contribution is -0.134. The highest BCUT2D eigenvalue weighted by Gasteiger charge is 2.39. The van der Waals surface area contributed by atoms with Gasteiger partial charge in [-0.3, -0.25) is 9.59 Å². The summed E-state index contributed by atoms with van der Waals surface area (Å²) in [6, 6.07) is 15.2. The molecule has 0 aliphatic carbocycles. The summed E-state index contributed by atoms with van der Waals surface area (Å²) in [7, 11) is 1.72. The first-order chi connectivity index (χ1) is 25.3. The minimum atomic E-state index is -0.0896. The number of imidazole rings is 2. The normalized spacial score (nSPS) is 21.8. The van der Waals surface area contributed by atoms with E-state index in [0.717, 1.165) is 99.3 Å². The van der Waals surface area contributed by atoms with Gasteiger partial charge < -0.3 is 29.2 Å². The van der Waals surface area contributed by atoms with Crippen LogP contribution < -0.4 is 4.74 Å². The monoisotopic (exact) mass is 702 g/mol. The van der Waals surface area contributed by atoms with Crippen molar-refractivity contribution in [2.45, 2.75) is 97.4 Å². The third-order valence-corrected chi connectivity index (χ3v) is 11.7. The van der Waals surface area contributed by atoms with Crippen LogP contribution in [0, 0.1) is 11.8 Å². The van der Waals surface area contributed by atoms with Gasteiger partial charge in [0, 0.05) is 49.4 Å². The van der Waals surface area contributed by atoms with Crippen molar-refractivity contribution < 1.29 is 19.1 Å². The van der Waals surface area contributed by atoms with Crippen molar-refractivity contribution in [2.75, 3.05) is 20.3 Å². The van der Waals surface area contributed by atoms with E-state index >= 15 is 0 Å². The number of nitrogens with zero attached hydrogens (tertiary/aromatic N) is 4. The fourth-order valence-corrected chi connectivity index (χ4v) is 8.68. The smallest absolute Gasteiger partial charge is 0.223 e. The van der Waals surface area contributed by atoms with E-state index in [1.165, 1.54) is 0 Å². The Balaban J connectivity index is 1.06. The fraction of sp³-hybridized carbons (Fsp3) is 0.476. The van der Waals surface area contributed by atoms with Gasteiger partial charge in [0.15, 0.2) is 0 Å². The van der Waals surface area contributed by atoms with Gasteiger partial charge in [0.1, 0.15) is 24.0 Å². The lowest BCUT2D eigenvalue weighted by Crippen LogP contribution is -2.35. The number of rotatable bonds is 10. The Morgan fingerprint density at radius 3 is 2.69 bits per heavy atom. The van der Waals surface area contributed by atoms with Crippen LogP contribution >= 0.6 is 0 Å². The third kappa shape index (κ3) is 6.14. The zero-order valence-electron chi connectivity index (χ0n) is 31.0. The van der Waals surface area contributed by atoms with Crippen LogP contribution in [0.3, 0.4) is 0 Å². The van der Waals surface area contributed by atoms with Crippen LogP contribution in [0.15, 0.2) is 48.7 Å². The number of aromatic amines is 2. The fourth-order valence-electron chi connectivity index (χ4n) is 8.68. The highest BCUT2D eigenvalue weighted by molar-refractivity contribution is 6.07. The van der Waals surface area contributed by atoms with Crippen molar-refractivity contribution in [1.82, 2.24) is 29.7 Å². The Hall–Kier alpha value is -4.70. The predicted molar refractivity (Wildman–Crippen MR) is 203 cm³/mol. The lowest BCUT2D eigenvalue weighted by Gasteiger charge is -2.27. The van der Waals surface area contributed by atoms with E-state index < -0.39 is 0 Å². The Morgan fingerprint density at radius 2 is 1.88 bits per heavy atom. The minimum Gasteiger partial charge on any atom is -0.488 e. The molecule has 3 aliphatic rings. The van der Waals surface area contributed by atoms with Gasteiger partial charge in [-0.25, -0.2) is 9.97 Å². The van der Waals surface area contributed by atoms with Crippen LogP contribution in [0.4, 0.5) is 0 Å². The van der Waals surface area contributed by atoms with Crippen LogP contribution in [-0.4, -0.2) is 67.9 Å². The summed E-state index contributed by atoms with van der Waals surface area (Å²) in [5, 5.41) is 2.17. The van der Waals surface area contributed by atoms with E-state index in [0.29, 0.717) is 38.5 Å². The summed E-state index contributed by atoms with van der Waals surface area (Å²) >= 11 is 0. The van der Waals surface area contributed by atoms with E-state index in [-0.39, 0.29) is 35.9 Å². The number of amides is 2. The number of methoxy groups -OCH3 is 1. The molecule has 10 nitrogen and oxygen atoms in total. The Bertz CT molecular complexity index is 2140. The number of nitrogens with one attached hydrogen (secondary N) is 2. The maximum absolute atomic E-state index is 13.4. The lowest BCUT2D eigenvalue weighted by atomic mass is 9.92. The van der Waals surface area contributed by atoms with Gasteiger partial charge in [-0.2, -0.15) is 0 Å². The number of carbonyl (C=O) groups is 2. The highest BCUT2D eigenvalue weighted by atomic mass is 16.5. The molecule has 0 spiro atoms. The van der Waals surface area contributed by atoms with Crippen molar-refractivity contribution in [2.24, 2.45) is 11.8 Å². The van der Waals surface area contributed by atoms with E-state index in [2.05, 4.69) is 80.1 Å². The van der Waals surface area contributed by atoms with Crippen LogP contribution in [-0.2, 0) is 20.9 Å². The molecule has 5 atom stereocenters. The molecule has 8 rings (SSSR count). The van der Waals surface area contributed by atoms with E-state index in [1.54, 1.807) is 7.11 Å². The van der Waals surface area contributed by atoms with Crippen molar-refractivity contribution in [1.29, 1.82) is 0 Å². The van der Waals surface area contributed by atoms with Crippen molar-refractivity contribution in [3.8, 4) is 28.1 Å². The second kappa shape index (κ2) is 14.0. The zero-order valence-corrected chi connectivity index (χ0v) is 31.0. The van der Waals surface area contributed by atoms with Gasteiger partial charge in [0.25, 0.3) is 0 Å². The molecule has 2 aromatic heterocycles. The first-order valence-corrected chi connectivity index (χ1v) is 19.1. The number of hydrogen-bond donors (Lipinski definition) is 2. The number of likely N-dealkylation sites (tertiary alicyclic amines) is 2. The highest BCUT2D eigenvalue weighted by Crippen LogP contribution is 2.44. The molecule has 2 amide bonds. The number of carbonyl (C=O) groups excluding carboxylic acids is 2. The number of hydrogen-bond acceptors (Lipinski definition) is 6. The SMILES string of the molecule is CCCC(=O)N1C(c2nc3ccc4cc5c(cc4c3[nH]2)OCc2cc(-c3cnc(C4C[C@H](COC)CN4C(=O)C[C@@H](C)CC)[nH]3)ccc2-5)CC[C@@H]1C. The molecule has 0 saturated carbocycles. The summed E-state index contributed by atoms with van der Waals surface area (Å²) in [4.78, 5) is 47.5. The van der Waals surface area contributed by atoms with Crippen LogP contribution in [0.25, 0.3) is 44.2 Å². The van der Waals surface area contributed by atoms with E-state index in [4.69, 9.17) is 19.4 Å². The molecule has 10 heteroatoms.